The highest BCUT2D eigenvalue weighted by Crippen LogP contribution is 2.11. The third kappa shape index (κ3) is 4.21. The van der Waals surface area contributed by atoms with Gasteiger partial charge >= 0.3 is 0 Å². The first-order valence-corrected chi connectivity index (χ1v) is 6.20. The monoisotopic (exact) mass is 260 g/mol. The van der Waals surface area contributed by atoms with E-state index >= 15 is 0 Å². The number of hydrogen-bond acceptors (Lipinski definition) is 4. The molecule has 0 radical (unpaired) electrons. The molecule has 0 saturated carbocycles. The molecular formula is C14H17FN4. The number of anilines is 2. The lowest BCUT2D eigenvalue weighted by Gasteiger charge is -2.10. The van der Waals surface area contributed by atoms with Gasteiger partial charge in [-0.25, -0.2) is 14.4 Å². The number of aromatic nitrogens is 2. The molecule has 0 atom stereocenters. The van der Waals surface area contributed by atoms with Gasteiger partial charge in [0.2, 0.25) is 0 Å². The summed E-state index contributed by atoms with van der Waals surface area (Å²) in [6.45, 7) is 4.61. The van der Waals surface area contributed by atoms with Crippen LogP contribution in [0.4, 0.5) is 16.0 Å². The summed E-state index contributed by atoms with van der Waals surface area (Å²) < 4.78 is 13.0. The Hall–Kier alpha value is -2.17. The predicted octanol–water partition coefficient (Wildman–Crippen LogP) is 3.05. The first-order chi connectivity index (χ1) is 9.13. The maximum Gasteiger partial charge on any atom is 0.131 e. The molecule has 0 aliphatic heterocycles. The van der Waals surface area contributed by atoms with Gasteiger partial charge in [0.15, 0.2) is 0 Å². The summed E-state index contributed by atoms with van der Waals surface area (Å²) in [6, 6.07) is 8.63. The van der Waals surface area contributed by atoms with Crippen molar-refractivity contribution < 1.29 is 4.39 Å². The minimum Gasteiger partial charge on any atom is -0.368 e. The molecule has 0 aliphatic carbocycles. The van der Waals surface area contributed by atoms with Gasteiger partial charge in [-0.1, -0.05) is 12.1 Å². The number of nitrogens with one attached hydrogen (secondary N) is 2. The molecule has 1 heterocycles. The van der Waals surface area contributed by atoms with E-state index in [9.17, 15) is 4.39 Å². The van der Waals surface area contributed by atoms with Crippen LogP contribution >= 0.6 is 0 Å². The van der Waals surface area contributed by atoms with E-state index < -0.39 is 0 Å². The van der Waals surface area contributed by atoms with E-state index in [0.29, 0.717) is 18.4 Å². The summed E-state index contributed by atoms with van der Waals surface area (Å²) in [7, 11) is 0. The van der Waals surface area contributed by atoms with Crippen molar-refractivity contribution in [2.24, 2.45) is 0 Å². The van der Waals surface area contributed by atoms with Crippen molar-refractivity contribution >= 4 is 11.6 Å². The fraction of sp³-hybridized carbons (Fsp3) is 0.286. The molecule has 2 N–H and O–H groups in total. The van der Waals surface area contributed by atoms with Crippen molar-refractivity contribution in [1.82, 2.24) is 9.97 Å². The van der Waals surface area contributed by atoms with Crippen molar-refractivity contribution in [2.45, 2.75) is 26.4 Å². The fourth-order valence-corrected chi connectivity index (χ4v) is 1.67. The van der Waals surface area contributed by atoms with Gasteiger partial charge in [0, 0.05) is 18.7 Å². The molecule has 1 aromatic heterocycles. The molecule has 0 aliphatic rings. The van der Waals surface area contributed by atoms with Crippen LogP contribution < -0.4 is 10.6 Å². The lowest BCUT2D eigenvalue weighted by atomic mass is 10.2. The van der Waals surface area contributed by atoms with E-state index in [1.165, 1.54) is 18.5 Å². The second kappa shape index (κ2) is 6.13. The van der Waals surface area contributed by atoms with Gasteiger partial charge in [0.05, 0.1) is 0 Å². The molecule has 100 valence electrons. The van der Waals surface area contributed by atoms with Gasteiger partial charge in [-0.2, -0.15) is 0 Å². The Labute approximate surface area is 112 Å². The summed E-state index contributed by atoms with van der Waals surface area (Å²) >= 11 is 0. The number of rotatable bonds is 5. The van der Waals surface area contributed by atoms with Crippen molar-refractivity contribution in [3.8, 4) is 0 Å². The van der Waals surface area contributed by atoms with E-state index in [1.807, 2.05) is 26.0 Å². The SMILES string of the molecule is CC(C)Nc1cc(NCc2cccc(F)c2)ncn1. The zero-order valence-electron chi connectivity index (χ0n) is 11.0. The van der Waals surface area contributed by atoms with Gasteiger partial charge in [0.25, 0.3) is 0 Å². The van der Waals surface area contributed by atoms with Crippen LogP contribution in [0.1, 0.15) is 19.4 Å². The number of hydrogen-bond donors (Lipinski definition) is 2. The molecular weight excluding hydrogens is 243 g/mol. The average Bonchev–Trinajstić information content (AvgIpc) is 2.36. The Kier molecular flexibility index (Phi) is 4.28. The van der Waals surface area contributed by atoms with Crippen LogP contribution in [0, 0.1) is 5.82 Å². The van der Waals surface area contributed by atoms with Gasteiger partial charge < -0.3 is 10.6 Å². The summed E-state index contributed by atoms with van der Waals surface area (Å²) in [6.07, 6.45) is 1.50. The summed E-state index contributed by atoms with van der Waals surface area (Å²) in [5, 5.41) is 6.35. The molecule has 19 heavy (non-hydrogen) atoms. The minimum atomic E-state index is -0.232. The lowest BCUT2D eigenvalue weighted by Crippen LogP contribution is -2.11. The first-order valence-electron chi connectivity index (χ1n) is 6.20. The molecule has 2 aromatic rings. The van der Waals surface area contributed by atoms with E-state index in [4.69, 9.17) is 0 Å². The summed E-state index contributed by atoms with van der Waals surface area (Å²) in [4.78, 5) is 8.25. The Balaban J connectivity index is 1.99. The number of benzene rings is 1. The van der Waals surface area contributed by atoms with E-state index in [0.717, 1.165) is 11.4 Å². The third-order valence-electron chi connectivity index (χ3n) is 2.47. The highest BCUT2D eigenvalue weighted by Gasteiger charge is 2.01. The van der Waals surface area contributed by atoms with Crippen LogP contribution in [0.25, 0.3) is 0 Å². The standard InChI is InChI=1S/C14H17FN4/c1-10(2)19-14-7-13(17-9-18-14)16-8-11-4-3-5-12(15)6-11/h3-7,9-10H,8H2,1-2H3,(H2,16,17,18,19). The minimum absolute atomic E-state index is 0.232. The summed E-state index contributed by atoms with van der Waals surface area (Å²) in [5.41, 5.74) is 0.872. The Morgan fingerprint density at radius 3 is 2.68 bits per heavy atom. The van der Waals surface area contributed by atoms with Crippen molar-refractivity contribution in [2.75, 3.05) is 10.6 Å². The molecule has 0 bridgehead atoms. The molecule has 0 spiro atoms. The van der Waals surface area contributed by atoms with Crippen LogP contribution in [0.3, 0.4) is 0 Å². The zero-order valence-corrected chi connectivity index (χ0v) is 11.0. The fourth-order valence-electron chi connectivity index (χ4n) is 1.67. The average molecular weight is 260 g/mol. The van der Waals surface area contributed by atoms with E-state index in [-0.39, 0.29) is 5.82 Å². The lowest BCUT2D eigenvalue weighted by molar-refractivity contribution is 0.626. The Morgan fingerprint density at radius 1 is 1.16 bits per heavy atom. The second-order valence-electron chi connectivity index (χ2n) is 4.57. The van der Waals surface area contributed by atoms with Gasteiger partial charge in [-0.05, 0) is 31.5 Å². The number of halogens is 1. The van der Waals surface area contributed by atoms with Crippen LogP contribution in [0.5, 0.6) is 0 Å². The van der Waals surface area contributed by atoms with Crippen LogP contribution in [-0.4, -0.2) is 16.0 Å². The van der Waals surface area contributed by atoms with Crippen molar-refractivity contribution in [3.05, 3.63) is 48.0 Å². The Morgan fingerprint density at radius 2 is 1.95 bits per heavy atom. The van der Waals surface area contributed by atoms with Gasteiger partial charge in [0.1, 0.15) is 23.8 Å². The summed E-state index contributed by atoms with van der Waals surface area (Å²) in [5.74, 6) is 1.25. The largest absolute Gasteiger partial charge is 0.368 e. The molecule has 5 heteroatoms. The molecule has 0 amide bonds. The van der Waals surface area contributed by atoms with Crippen LogP contribution in [0.2, 0.25) is 0 Å². The molecule has 2 rings (SSSR count). The van der Waals surface area contributed by atoms with Gasteiger partial charge in [-0.15, -0.1) is 0 Å². The topological polar surface area (TPSA) is 49.8 Å². The smallest absolute Gasteiger partial charge is 0.131 e. The maximum atomic E-state index is 13.0. The van der Waals surface area contributed by atoms with E-state index in [1.54, 1.807) is 6.07 Å². The molecule has 1 aromatic carbocycles. The first kappa shape index (κ1) is 13.3. The normalized spacial score (nSPS) is 10.5. The second-order valence-corrected chi connectivity index (χ2v) is 4.57. The zero-order chi connectivity index (χ0) is 13.7. The molecule has 0 unspecified atom stereocenters. The highest BCUT2D eigenvalue weighted by molar-refractivity contribution is 5.47. The van der Waals surface area contributed by atoms with Gasteiger partial charge in [-0.3, -0.25) is 0 Å². The molecule has 0 saturated heterocycles. The van der Waals surface area contributed by atoms with Crippen molar-refractivity contribution in [1.29, 1.82) is 0 Å². The van der Waals surface area contributed by atoms with Crippen LogP contribution in [0.15, 0.2) is 36.7 Å². The van der Waals surface area contributed by atoms with E-state index in [2.05, 4.69) is 20.6 Å². The number of nitrogens with zero attached hydrogens (tertiary/aromatic N) is 2. The van der Waals surface area contributed by atoms with Crippen molar-refractivity contribution in [3.63, 3.8) is 0 Å². The third-order valence-corrected chi connectivity index (χ3v) is 2.47. The quantitative estimate of drug-likeness (QED) is 0.867. The molecule has 0 fully saturated rings. The highest BCUT2D eigenvalue weighted by atomic mass is 19.1. The maximum absolute atomic E-state index is 13.0. The molecule has 4 nitrogen and oxygen atoms in total. The Bertz CT molecular complexity index is 542. The van der Waals surface area contributed by atoms with Crippen LogP contribution in [-0.2, 0) is 6.54 Å². The predicted molar refractivity (Wildman–Crippen MR) is 74.5 cm³/mol.